The van der Waals surface area contributed by atoms with Gasteiger partial charge in [-0.05, 0) is 22.4 Å². The van der Waals surface area contributed by atoms with Gasteiger partial charge in [0.15, 0.2) is 5.13 Å². The molecular weight excluding hydrogens is 266 g/mol. The molecule has 6 heteroatoms. The van der Waals surface area contributed by atoms with Crippen molar-refractivity contribution in [3.63, 3.8) is 0 Å². The number of nitrogens with zero attached hydrogens (tertiary/aromatic N) is 1. The minimum absolute atomic E-state index is 0.00690. The molecule has 0 fully saturated rings. The van der Waals surface area contributed by atoms with E-state index in [1.54, 1.807) is 22.7 Å². The van der Waals surface area contributed by atoms with Gasteiger partial charge in [0.1, 0.15) is 0 Å². The van der Waals surface area contributed by atoms with Crippen molar-refractivity contribution in [2.24, 2.45) is 0 Å². The lowest BCUT2D eigenvalue weighted by Gasteiger charge is -2.09. The number of anilines is 1. The Bertz CT molecular complexity index is 524. The smallest absolute Gasteiger partial charge is 0.230 e. The second-order valence-electron chi connectivity index (χ2n) is 4.17. The van der Waals surface area contributed by atoms with Crippen molar-refractivity contribution < 1.29 is 4.79 Å². The highest BCUT2D eigenvalue weighted by Gasteiger charge is 2.16. The van der Waals surface area contributed by atoms with Crippen LogP contribution in [0.4, 0.5) is 5.13 Å². The van der Waals surface area contributed by atoms with E-state index in [1.807, 2.05) is 16.8 Å². The highest BCUT2D eigenvalue weighted by Crippen LogP contribution is 2.25. The van der Waals surface area contributed by atoms with Crippen molar-refractivity contribution in [2.75, 3.05) is 11.9 Å². The molecule has 1 aliphatic rings. The quantitative estimate of drug-likeness (QED) is 0.904. The Hall–Kier alpha value is -1.24. The van der Waals surface area contributed by atoms with Crippen LogP contribution >= 0.6 is 22.7 Å². The molecular formula is C12H13N3OS2. The fraction of sp³-hybridized carbons (Fsp3) is 0.333. The number of hydrogen-bond donors (Lipinski definition) is 2. The number of aromatic nitrogens is 1. The maximum absolute atomic E-state index is 11.8. The van der Waals surface area contributed by atoms with E-state index in [0.29, 0.717) is 6.42 Å². The number of nitrogens with one attached hydrogen (secondary N) is 2. The summed E-state index contributed by atoms with van der Waals surface area (Å²) in [5.74, 6) is 0.00690. The Kier molecular flexibility index (Phi) is 3.40. The first kappa shape index (κ1) is 11.8. The minimum atomic E-state index is 0.00690. The van der Waals surface area contributed by atoms with Gasteiger partial charge in [-0.2, -0.15) is 11.3 Å². The average Bonchev–Trinajstić information content (AvgIpc) is 2.96. The zero-order valence-electron chi connectivity index (χ0n) is 9.73. The predicted molar refractivity (Wildman–Crippen MR) is 74.2 cm³/mol. The molecule has 1 amide bonds. The highest BCUT2D eigenvalue weighted by atomic mass is 32.1. The second-order valence-corrected chi connectivity index (χ2v) is 6.04. The Labute approximate surface area is 113 Å². The molecule has 1 aliphatic heterocycles. The summed E-state index contributed by atoms with van der Waals surface area (Å²) in [5.41, 5.74) is 2.19. The molecule has 0 spiro atoms. The standard InChI is InChI=1S/C12H13N3OS2/c16-11(5-8-2-4-17-7-8)15-12-14-9-1-3-13-6-10(9)18-12/h2,4,7,13H,1,3,5-6H2,(H,14,15,16). The zero-order chi connectivity index (χ0) is 12.4. The highest BCUT2D eigenvalue weighted by molar-refractivity contribution is 7.15. The fourth-order valence-electron chi connectivity index (χ4n) is 1.92. The van der Waals surface area contributed by atoms with E-state index in [2.05, 4.69) is 15.6 Å². The molecule has 3 rings (SSSR count). The fourth-order valence-corrected chi connectivity index (χ4v) is 3.58. The van der Waals surface area contributed by atoms with E-state index in [1.165, 1.54) is 4.88 Å². The summed E-state index contributed by atoms with van der Waals surface area (Å²) >= 11 is 3.18. The summed E-state index contributed by atoms with van der Waals surface area (Å²) in [5, 5.41) is 10.9. The largest absolute Gasteiger partial charge is 0.311 e. The van der Waals surface area contributed by atoms with Gasteiger partial charge < -0.3 is 10.6 Å². The van der Waals surface area contributed by atoms with Crippen LogP contribution in [0.15, 0.2) is 16.8 Å². The summed E-state index contributed by atoms with van der Waals surface area (Å²) in [4.78, 5) is 17.5. The van der Waals surface area contributed by atoms with Gasteiger partial charge in [-0.1, -0.05) is 0 Å². The van der Waals surface area contributed by atoms with Crippen molar-refractivity contribution in [3.05, 3.63) is 33.0 Å². The summed E-state index contributed by atoms with van der Waals surface area (Å²) in [6.45, 7) is 1.84. The zero-order valence-corrected chi connectivity index (χ0v) is 11.4. The van der Waals surface area contributed by atoms with Crippen LogP contribution in [-0.4, -0.2) is 17.4 Å². The van der Waals surface area contributed by atoms with Gasteiger partial charge in [-0.15, -0.1) is 11.3 Å². The van der Waals surface area contributed by atoms with Crippen LogP contribution in [0.1, 0.15) is 16.1 Å². The number of hydrogen-bond acceptors (Lipinski definition) is 5. The van der Waals surface area contributed by atoms with Crippen LogP contribution in [0, 0.1) is 0 Å². The molecule has 0 saturated carbocycles. The van der Waals surface area contributed by atoms with Gasteiger partial charge in [-0.3, -0.25) is 4.79 Å². The number of fused-ring (bicyclic) bond motifs is 1. The van der Waals surface area contributed by atoms with Crippen LogP contribution in [0.2, 0.25) is 0 Å². The molecule has 0 aromatic carbocycles. The maximum Gasteiger partial charge on any atom is 0.230 e. The number of thiazole rings is 1. The third-order valence-corrected chi connectivity index (χ3v) is 4.54. The van der Waals surface area contributed by atoms with Gasteiger partial charge in [0.2, 0.25) is 5.91 Å². The Morgan fingerprint density at radius 3 is 3.28 bits per heavy atom. The van der Waals surface area contributed by atoms with E-state index in [9.17, 15) is 4.79 Å². The third-order valence-electron chi connectivity index (χ3n) is 2.79. The van der Waals surface area contributed by atoms with Gasteiger partial charge >= 0.3 is 0 Å². The molecule has 0 unspecified atom stereocenters. The first-order valence-electron chi connectivity index (χ1n) is 5.81. The normalized spacial score (nSPS) is 14.2. The molecule has 94 valence electrons. The lowest BCUT2D eigenvalue weighted by molar-refractivity contribution is -0.115. The van der Waals surface area contributed by atoms with Crippen molar-refractivity contribution in [3.8, 4) is 0 Å². The number of rotatable bonds is 3. The Morgan fingerprint density at radius 2 is 2.50 bits per heavy atom. The van der Waals surface area contributed by atoms with Crippen molar-refractivity contribution >= 4 is 33.7 Å². The maximum atomic E-state index is 11.8. The van der Waals surface area contributed by atoms with E-state index in [0.717, 1.165) is 35.9 Å². The molecule has 0 aliphatic carbocycles. The first-order chi connectivity index (χ1) is 8.81. The van der Waals surface area contributed by atoms with Gasteiger partial charge in [0.25, 0.3) is 0 Å². The van der Waals surface area contributed by atoms with Crippen LogP contribution in [0.5, 0.6) is 0 Å². The van der Waals surface area contributed by atoms with E-state index >= 15 is 0 Å². The van der Waals surface area contributed by atoms with Crippen LogP contribution in [-0.2, 0) is 24.2 Å². The molecule has 4 nitrogen and oxygen atoms in total. The number of carbonyl (C=O) groups excluding carboxylic acids is 1. The van der Waals surface area contributed by atoms with Gasteiger partial charge in [0.05, 0.1) is 12.1 Å². The van der Waals surface area contributed by atoms with Crippen LogP contribution in [0.3, 0.4) is 0 Å². The second kappa shape index (κ2) is 5.17. The molecule has 2 N–H and O–H groups in total. The molecule has 2 aromatic rings. The molecule has 18 heavy (non-hydrogen) atoms. The lowest BCUT2D eigenvalue weighted by Crippen LogP contribution is -2.22. The molecule has 0 radical (unpaired) electrons. The molecule has 3 heterocycles. The summed E-state index contributed by atoms with van der Waals surface area (Å²) in [6, 6.07) is 1.97. The Balaban J connectivity index is 1.65. The summed E-state index contributed by atoms with van der Waals surface area (Å²) in [7, 11) is 0. The SMILES string of the molecule is O=C(Cc1ccsc1)Nc1nc2c(s1)CNCC2. The van der Waals surface area contributed by atoms with Crippen molar-refractivity contribution in [1.82, 2.24) is 10.3 Å². The van der Waals surface area contributed by atoms with Gasteiger partial charge in [0, 0.05) is 24.4 Å². The van der Waals surface area contributed by atoms with Gasteiger partial charge in [-0.25, -0.2) is 4.98 Å². The third kappa shape index (κ3) is 2.60. The van der Waals surface area contributed by atoms with E-state index in [-0.39, 0.29) is 5.91 Å². The molecule has 0 atom stereocenters. The lowest BCUT2D eigenvalue weighted by atomic mass is 10.2. The van der Waals surface area contributed by atoms with Crippen molar-refractivity contribution in [2.45, 2.75) is 19.4 Å². The monoisotopic (exact) mass is 279 g/mol. The topological polar surface area (TPSA) is 54.0 Å². The van der Waals surface area contributed by atoms with Crippen LogP contribution < -0.4 is 10.6 Å². The summed E-state index contributed by atoms with van der Waals surface area (Å²) in [6.07, 6.45) is 1.37. The van der Waals surface area contributed by atoms with Crippen LogP contribution in [0.25, 0.3) is 0 Å². The molecule has 0 bridgehead atoms. The number of amides is 1. The molecule has 0 saturated heterocycles. The minimum Gasteiger partial charge on any atom is -0.311 e. The Morgan fingerprint density at radius 1 is 1.56 bits per heavy atom. The molecule has 2 aromatic heterocycles. The van der Waals surface area contributed by atoms with Crippen molar-refractivity contribution in [1.29, 1.82) is 0 Å². The van der Waals surface area contributed by atoms with E-state index in [4.69, 9.17) is 0 Å². The number of carbonyl (C=O) groups is 1. The number of thiophene rings is 1. The summed E-state index contributed by atoms with van der Waals surface area (Å²) < 4.78 is 0. The average molecular weight is 279 g/mol. The first-order valence-corrected chi connectivity index (χ1v) is 7.57. The predicted octanol–water partition coefficient (Wildman–Crippen LogP) is 2.03. The van der Waals surface area contributed by atoms with E-state index < -0.39 is 0 Å².